The SMILES string of the molecule is CC(Cc1ccccc1F)C(=O)NC(CC(F)(F)F)C(=O)O. The molecule has 122 valence electrons. The summed E-state index contributed by atoms with van der Waals surface area (Å²) in [6.45, 7) is 1.38. The van der Waals surface area contributed by atoms with Crippen LogP contribution in [0.5, 0.6) is 0 Å². The van der Waals surface area contributed by atoms with Gasteiger partial charge in [0.15, 0.2) is 0 Å². The zero-order chi connectivity index (χ0) is 16.9. The van der Waals surface area contributed by atoms with Crippen molar-refractivity contribution in [3.05, 3.63) is 35.6 Å². The van der Waals surface area contributed by atoms with E-state index in [9.17, 15) is 27.2 Å². The predicted molar refractivity (Wildman–Crippen MR) is 69.5 cm³/mol. The minimum Gasteiger partial charge on any atom is -0.480 e. The lowest BCUT2D eigenvalue weighted by Gasteiger charge is -2.19. The van der Waals surface area contributed by atoms with E-state index in [0.29, 0.717) is 0 Å². The van der Waals surface area contributed by atoms with Crippen LogP contribution < -0.4 is 5.32 Å². The summed E-state index contributed by atoms with van der Waals surface area (Å²) in [5, 5.41) is 10.6. The molecule has 0 heterocycles. The van der Waals surface area contributed by atoms with E-state index in [1.807, 2.05) is 5.32 Å². The molecule has 0 saturated heterocycles. The second kappa shape index (κ2) is 7.24. The number of carbonyl (C=O) groups excluding carboxylic acids is 1. The predicted octanol–water partition coefficient (Wildman–Crippen LogP) is 2.53. The van der Waals surface area contributed by atoms with E-state index in [2.05, 4.69) is 0 Å². The molecule has 2 atom stereocenters. The number of amides is 1. The summed E-state index contributed by atoms with van der Waals surface area (Å²) in [5.41, 5.74) is 0.229. The molecular formula is C14H15F4NO3. The van der Waals surface area contributed by atoms with Gasteiger partial charge in [-0.05, 0) is 18.1 Å². The molecule has 1 aromatic rings. The van der Waals surface area contributed by atoms with Crippen molar-refractivity contribution in [1.82, 2.24) is 5.32 Å². The van der Waals surface area contributed by atoms with Crippen molar-refractivity contribution < 1.29 is 32.3 Å². The maximum absolute atomic E-state index is 13.5. The first kappa shape index (κ1) is 17.9. The Kier molecular flexibility index (Phi) is 5.90. The van der Waals surface area contributed by atoms with Gasteiger partial charge in [0.05, 0.1) is 6.42 Å². The average Bonchev–Trinajstić information content (AvgIpc) is 2.38. The van der Waals surface area contributed by atoms with E-state index in [-0.39, 0.29) is 12.0 Å². The first-order chi connectivity index (χ1) is 10.1. The van der Waals surface area contributed by atoms with Crippen LogP contribution in [-0.2, 0) is 16.0 Å². The summed E-state index contributed by atoms with van der Waals surface area (Å²) in [6.07, 6.45) is -6.43. The molecule has 0 bridgehead atoms. The number of alkyl halides is 3. The monoisotopic (exact) mass is 321 g/mol. The highest BCUT2D eigenvalue weighted by atomic mass is 19.4. The highest BCUT2D eigenvalue weighted by molar-refractivity contribution is 5.84. The van der Waals surface area contributed by atoms with Crippen LogP contribution in [0.25, 0.3) is 0 Å². The Hall–Kier alpha value is -2.12. The first-order valence-electron chi connectivity index (χ1n) is 6.43. The second-order valence-electron chi connectivity index (χ2n) is 4.92. The number of carboxylic acids is 1. The number of rotatable bonds is 6. The fourth-order valence-corrected chi connectivity index (χ4v) is 1.83. The molecule has 0 radical (unpaired) electrons. The van der Waals surface area contributed by atoms with Gasteiger partial charge in [0.1, 0.15) is 11.9 Å². The molecule has 1 rings (SSSR count). The molecule has 0 spiro atoms. The zero-order valence-electron chi connectivity index (χ0n) is 11.7. The van der Waals surface area contributed by atoms with Gasteiger partial charge in [0.2, 0.25) is 5.91 Å². The van der Waals surface area contributed by atoms with E-state index >= 15 is 0 Å². The van der Waals surface area contributed by atoms with Crippen molar-refractivity contribution in [1.29, 1.82) is 0 Å². The van der Waals surface area contributed by atoms with Crippen molar-refractivity contribution >= 4 is 11.9 Å². The molecule has 0 aliphatic rings. The number of aliphatic carboxylic acids is 1. The molecule has 1 aromatic carbocycles. The molecular weight excluding hydrogens is 306 g/mol. The van der Waals surface area contributed by atoms with E-state index in [1.54, 1.807) is 6.07 Å². The molecule has 1 amide bonds. The van der Waals surface area contributed by atoms with Gasteiger partial charge in [0, 0.05) is 5.92 Å². The van der Waals surface area contributed by atoms with Crippen molar-refractivity contribution in [3.63, 3.8) is 0 Å². The molecule has 4 nitrogen and oxygen atoms in total. The molecule has 22 heavy (non-hydrogen) atoms. The maximum Gasteiger partial charge on any atom is 0.391 e. The number of halogens is 4. The molecule has 2 N–H and O–H groups in total. The summed E-state index contributed by atoms with van der Waals surface area (Å²) < 4.78 is 50.2. The van der Waals surface area contributed by atoms with E-state index in [0.717, 1.165) is 0 Å². The third kappa shape index (κ3) is 5.71. The summed E-state index contributed by atoms with van der Waals surface area (Å²) >= 11 is 0. The normalized spacial score (nSPS) is 14.2. The van der Waals surface area contributed by atoms with Crippen LogP contribution in [0.2, 0.25) is 0 Å². The number of hydrogen-bond donors (Lipinski definition) is 2. The quantitative estimate of drug-likeness (QED) is 0.791. The third-order valence-corrected chi connectivity index (χ3v) is 2.98. The van der Waals surface area contributed by atoms with E-state index in [4.69, 9.17) is 5.11 Å². The van der Waals surface area contributed by atoms with Crippen LogP contribution in [0.1, 0.15) is 18.9 Å². The standard InChI is InChI=1S/C14H15F4NO3/c1-8(6-9-4-2-3-5-10(9)15)12(20)19-11(13(21)22)7-14(16,17)18/h2-5,8,11H,6-7H2,1H3,(H,19,20)(H,21,22). The Morgan fingerprint density at radius 2 is 1.86 bits per heavy atom. The van der Waals surface area contributed by atoms with Crippen LogP contribution in [0.15, 0.2) is 24.3 Å². The average molecular weight is 321 g/mol. The van der Waals surface area contributed by atoms with Crippen molar-refractivity contribution in [2.75, 3.05) is 0 Å². The second-order valence-corrected chi connectivity index (χ2v) is 4.92. The number of hydrogen-bond acceptors (Lipinski definition) is 2. The molecule has 0 aromatic heterocycles. The Labute approximate surface area is 124 Å². The fraction of sp³-hybridized carbons (Fsp3) is 0.429. The summed E-state index contributed by atoms with van der Waals surface area (Å²) in [4.78, 5) is 22.6. The van der Waals surface area contributed by atoms with Gasteiger partial charge in [-0.15, -0.1) is 0 Å². The lowest BCUT2D eigenvalue weighted by molar-refractivity contribution is -0.160. The largest absolute Gasteiger partial charge is 0.480 e. The number of carbonyl (C=O) groups is 2. The topological polar surface area (TPSA) is 66.4 Å². The molecule has 0 saturated carbocycles. The van der Waals surface area contributed by atoms with Crippen LogP contribution in [0, 0.1) is 11.7 Å². The highest BCUT2D eigenvalue weighted by Crippen LogP contribution is 2.22. The van der Waals surface area contributed by atoms with Gasteiger partial charge >= 0.3 is 12.1 Å². The van der Waals surface area contributed by atoms with Crippen molar-refractivity contribution in [2.45, 2.75) is 32.0 Å². The van der Waals surface area contributed by atoms with Crippen LogP contribution in [-0.4, -0.2) is 29.2 Å². The van der Waals surface area contributed by atoms with Gasteiger partial charge in [0.25, 0.3) is 0 Å². The lowest BCUT2D eigenvalue weighted by Crippen LogP contribution is -2.45. The van der Waals surface area contributed by atoms with Crippen LogP contribution in [0.3, 0.4) is 0 Å². The summed E-state index contributed by atoms with van der Waals surface area (Å²) in [6, 6.07) is 3.61. The molecule has 0 aliphatic carbocycles. The Bertz CT molecular complexity index is 545. The van der Waals surface area contributed by atoms with Crippen molar-refractivity contribution in [3.8, 4) is 0 Å². The smallest absolute Gasteiger partial charge is 0.391 e. The number of nitrogens with one attached hydrogen (secondary N) is 1. The Morgan fingerprint density at radius 3 is 2.36 bits per heavy atom. The maximum atomic E-state index is 13.5. The van der Waals surface area contributed by atoms with Gasteiger partial charge in [-0.3, -0.25) is 4.79 Å². The Balaban J connectivity index is 2.69. The fourth-order valence-electron chi connectivity index (χ4n) is 1.83. The lowest BCUT2D eigenvalue weighted by atomic mass is 9.99. The Morgan fingerprint density at radius 1 is 1.27 bits per heavy atom. The minimum absolute atomic E-state index is 0.0448. The van der Waals surface area contributed by atoms with Gasteiger partial charge < -0.3 is 10.4 Å². The third-order valence-electron chi connectivity index (χ3n) is 2.98. The summed E-state index contributed by atoms with van der Waals surface area (Å²) in [5.74, 6) is -4.05. The van der Waals surface area contributed by atoms with Crippen molar-refractivity contribution in [2.24, 2.45) is 5.92 Å². The van der Waals surface area contributed by atoms with Crippen LogP contribution >= 0.6 is 0 Å². The minimum atomic E-state index is -4.72. The van der Waals surface area contributed by atoms with Gasteiger partial charge in [-0.25, -0.2) is 9.18 Å². The number of carboxylic acid groups (broad SMARTS) is 1. The molecule has 2 unspecified atom stereocenters. The first-order valence-corrected chi connectivity index (χ1v) is 6.43. The highest BCUT2D eigenvalue weighted by Gasteiger charge is 2.36. The zero-order valence-corrected chi connectivity index (χ0v) is 11.7. The van der Waals surface area contributed by atoms with Gasteiger partial charge in [-0.1, -0.05) is 25.1 Å². The molecule has 0 fully saturated rings. The van der Waals surface area contributed by atoms with E-state index in [1.165, 1.54) is 25.1 Å². The van der Waals surface area contributed by atoms with E-state index < -0.39 is 42.3 Å². The van der Waals surface area contributed by atoms with Crippen LogP contribution in [0.4, 0.5) is 17.6 Å². The molecule has 8 heteroatoms. The summed E-state index contributed by atoms with van der Waals surface area (Å²) in [7, 11) is 0. The molecule has 0 aliphatic heterocycles. The number of benzene rings is 1. The van der Waals surface area contributed by atoms with Gasteiger partial charge in [-0.2, -0.15) is 13.2 Å².